The molecule has 1 aromatic rings. The van der Waals surface area contributed by atoms with Crippen LogP contribution in [0.1, 0.15) is 57.6 Å². The molecule has 4 amide bonds. The highest BCUT2D eigenvalue weighted by Crippen LogP contribution is 2.44. The van der Waals surface area contributed by atoms with Gasteiger partial charge in [0.2, 0.25) is 0 Å². The largest absolute Gasteiger partial charge is 0.446 e. The summed E-state index contributed by atoms with van der Waals surface area (Å²) in [5.41, 5.74) is 1.17. The summed E-state index contributed by atoms with van der Waals surface area (Å²) < 4.78 is 6.04. The number of ether oxygens (including phenoxy) is 1. The van der Waals surface area contributed by atoms with Crippen molar-refractivity contribution in [2.45, 2.75) is 77.6 Å². The number of urea groups is 1. The molecule has 4 aliphatic rings. The lowest BCUT2D eigenvalue weighted by Gasteiger charge is -2.39. The molecule has 3 saturated heterocycles. The Balaban J connectivity index is 1.35. The number of hydrogen-bond donors (Lipinski definition) is 0. The molecule has 0 radical (unpaired) electrons. The van der Waals surface area contributed by atoms with Crippen molar-refractivity contribution in [2.24, 2.45) is 17.8 Å². The van der Waals surface area contributed by atoms with Crippen molar-refractivity contribution in [1.82, 2.24) is 9.80 Å². The van der Waals surface area contributed by atoms with Crippen LogP contribution in [0.15, 0.2) is 12.1 Å². The van der Waals surface area contributed by atoms with E-state index in [9.17, 15) is 19.6 Å². The van der Waals surface area contributed by atoms with Gasteiger partial charge in [-0.25, -0.2) is 14.5 Å². The van der Waals surface area contributed by atoms with E-state index in [1.165, 1.54) is 6.07 Å². The zero-order valence-corrected chi connectivity index (χ0v) is 21.3. The maximum atomic E-state index is 13.5. The first-order chi connectivity index (χ1) is 16.6. The summed E-state index contributed by atoms with van der Waals surface area (Å²) in [6.45, 7) is 8.66. The van der Waals surface area contributed by atoms with Crippen LogP contribution in [0.2, 0.25) is 5.02 Å². The lowest BCUT2D eigenvalue weighted by Crippen LogP contribution is -2.55. The second-order valence-corrected chi connectivity index (χ2v) is 11.2. The van der Waals surface area contributed by atoms with E-state index in [1.807, 2.05) is 6.07 Å². The molecule has 5 rings (SSSR count). The maximum Gasteiger partial charge on any atom is 0.410 e. The Hall–Kier alpha value is -2.79. The molecular formula is C26H31ClN4O4. The van der Waals surface area contributed by atoms with E-state index in [0.717, 1.165) is 24.2 Å². The number of hydrogen-bond acceptors (Lipinski definition) is 5. The van der Waals surface area contributed by atoms with Crippen LogP contribution < -0.4 is 4.90 Å². The molecule has 35 heavy (non-hydrogen) atoms. The van der Waals surface area contributed by atoms with Crippen molar-refractivity contribution in [3.05, 3.63) is 28.3 Å². The fourth-order valence-electron chi connectivity index (χ4n) is 6.53. The number of carbonyl (C=O) groups is 3. The van der Waals surface area contributed by atoms with Crippen LogP contribution in [0.25, 0.3) is 0 Å². The molecule has 9 heteroatoms. The number of nitrogens with zero attached hydrogens (tertiary/aromatic N) is 4. The third kappa shape index (κ3) is 3.67. The number of fused-ring (bicyclic) bond motifs is 5. The van der Waals surface area contributed by atoms with Gasteiger partial charge in [0.05, 0.1) is 28.4 Å². The molecule has 2 bridgehead atoms. The molecule has 0 spiro atoms. The monoisotopic (exact) mass is 498 g/mol. The Morgan fingerprint density at radius 3 is 2.66 bits per heavy atom. The number of carbonyl (C=O) groups excluding carboxylic acids is 3. The second-order valence-electron chi connectivity index (χ2n) is 10.8. The van der Waals surface area contributed by atoms with Gasteiger partial charge in [-0.15, -0.1) is 0 Å². The predicted octanol–water partition coefficient (Wildman–Crippen LogP) is 4.71. The SMILES string of the molecule is Cc1c(N2C(=O)C3C4CC(CN4C(=O)O[C@H]4CC[C@@H](C)C[C@@H]4C(C)C)N3C2=O)ccc(C#N)c1Cl. The molecule has 186 valence electrons. The summed E-state index contributed by atoms with van der Waals surface area (Å²) in [5, 5.41) is 9.46. The number of amides is 4. The summed E-state index contributed by atoms with van der Waals surface area (Å²) in [4.78, 5) is 44.6. The molecule has 1 aliphatic carbocycles. The van der Waals surface area contributed by atoms with E-state index in [0.29, 0.717) is 47.5 Å². The summed E-state index contributed by atoms with van der Waals surface area (Å²) in [6, 6.07) is 3.37. The van der Waals surface area contributed by atoms with Gasteiger partial charge in [-0.1, -0.05) is 32.4 Å². The van der Waals surface area contributed by atoms with Gasteiger partial charge in [0, 0.05) is 6.54 Å². The van der Waals surface area contributed by atoms with Gasteiger partial charge >= 0.3 is 12.1 Å². The summed E-state index contributed by atoms with van der Waals surface area (Å²) in [6.07, 6.45) is 3.03. The van der Waals surface area contributed by atoms with Crippen molar-refractivity contribution < 1.29 is 19.1 Å². The van der Waals surface area contributed by atoms with Crippen molar-refractivity contribution in [2.75, 3.05) is 11.4 Å². The number of halogens is 1. The van der Waals surface area contributed by atoms with Gasteiger partial charge < -0.3 is 14.5 Å². The van der Waals surface area contributed by atoms with Crippen molar-refractivity contribution >= 4 is 35.3 Å². The minimum Gasteiger partial charge on any atom is -0.446 e. The second kappa shape index (κ2) is 8.70. The smallest absolute Gasteiger partial charge is 0.410 e. The van der Waals surface area contributed by atoms with E-state index in [4.69, 9.17) is 16.3 Å². The zero-order valence-electron chi connectivity index (χ0n) is 20.5. The first-order valence-electron chi connectivity index (χ1n) is 12.5. The average Bonchev–Trinajstić information content (AvgIpc) is 3.48. The fraction of sp³-hybridized carbons (Fsp3) is 0.615. The summed E-state index contributed by atoms with van der Waals surface area (Å²) in [5.74, 6) is 1.01. The first kappa shape index (κ1) is 23.9. The molecule has 6 atom stereocenters. The number of nitriles is 1. The van der Waals surface area contributed by atoms with Gasteiger partial charge in [-0.05, 0) is 68.1 Å². The average molecular weight is 499 g/mol. The molecule has 0 N–H and O–H groups in total. The van der Waals surface area contributed by atoms with Crippen LogP contribution in [0.3, 0.4) is 0 Å². The summed E-state index contributed by atoms with van der Waals surface area (Å²) >= 11 is 6.31. The third-order valence-electron chi connectivity index (χ3n) is 8.42. The highest BCUT2D eigenvalue weighted by Gasteiger charge is 2.63. The standard InChI is InChI=1S/C26H31ClN4O4/c1-13(2)18-9-14(3)5-8-21(18)35-26(34)29-12-17-10-20(29)23-24(32)31(25(33)30(17)23)19-7-6-16(11-28)22(27)15(19)4/h6-7,13-14,17-18,20-21,23H,5,8-10,12H2,1-4H3/t14-,17?,18-,20?,21+,23?/m1/s1. The molecule has 8 nitrogen and oxygen atoms in total. The lowest BCUT2D eigenvalue weighted by atomic mass is 9.75. The van der Waals surface area contributed by atoms with Crippen molar-refractivity contribution in [1.29, 1.82) is 5.26 Å². The van der Waals surface area contributed by atoms with Crippen LogP contribution in [-0.2, 0) is 9.53 Å². The van der Waals surface area contributed by atoms with E-state index >= 15 is 0 Å². The maximum absolute atomic E-state index is 13.5. The van der Waals surface area contributed by atoms with Crippen molar-refractivity contribution in [3.63, 3.8) is 0 Å². The molecule has 4 fully saturated rings. The van der Waals surface area contributed by atoms with E-state index in [2.05, 4.69) is 20.8 Å². The third-order valence-corrected chi connectivity index (χ3v) is 8.91. The molecule has 3 heterocycles. The topological polar surface area (TPSA) is 94.0 Å². The minimum absolute atomic E-state index is 0.116. The van der Waals surface area contributed by atoms with E-state index < -0.39 is 18.1 Å². The molecule has 1 aromatic carbocycles. The first-order valence-corrected chi connectivity index (χ1v) is 12.8. The van der Waals surface area contributed by atoms with Crippen LogP contribution in [0.5, 0.6) is 0 Å². The highest BCUT2D eigenvalue weighted by molar-refractivity contribution is 6.33. The van der Waals surface area contributed by atoms with Crippen LogP contribution in [0.4, 0.5) is 15.3 Å². The number of piperazine rings is 1. The van der Waals surface area contributed by atoms with Gasteiger partial charge in [0.15, 0.2) is 0 Å². The van der Waals surface area contributed by atoms with Crippen LogP contribution in [-0.4, -0.2) is 58.6 Å². The van der Waals surface area contributed by atoms with Gasteiger partial charge in [0.25, 0.3) is 5.91 Å². The van der Waals surface area contributed by atoms with Gasteiger partial charge in [-0.3, -0.25) is 4.79 Å². The number of rotatable bonds is 3. The Kier molecular flexibility index (Phi) is 5.95. The number of benzene rings is 1. The molecule has 0 aromatic heterocycles. The normalized spacial score (nSPS) is 31.9. The van der Waals surface area contributed by atoms with Crippen molar-refractivity contribution in [3.8, 4) is 6.07 Å². The Morgan fingerprint density at radius 2 is 1.97 bits per heavy atom. The Labute approximate surface area is 210 Å². The number of imide groups is 1. The molecule has 3 aliphatic heterocycles. The number of likely N-dealkylation sites (tertiary alicyclic amines) is 1. The van der Waals surface area contributed by atoms with E-state index in [-0.39, 0.29) is 29.2 Å². The summed E-state index contributed by atoms with van der Waals surface area (Å²) in [7, 11) is 0. The number of anilines is 1. The van der Waals surface area contributed by atoms with E-state index in [1.54, 1.807) is 22.8 Å². The van der Waals surface area contributed by atoms with Gasteiger partial charge in [0.1, 0.15) is 18.2 Å². The Bertz CT molecular complexity index is 1130. The minimum atomic E-state index is -0.727. The Morgan fingerprint density at radius 1 is 1.23 bits per heavy atom. The lowest BCUT2D eigenvalue weighted by molar-refractivity contribution is -0.121. The zero-order chi connectivity index (χ0) is 25.2. The highest BCUT2D eigenvalue weighted by atomic mass is 35.5. The van der Waals surface area contributed by atoms with Crippen LogP contribution in [0, 0.1) is 36.0 Å². The van der Waals surface area contributed by atoms with Crippen LogP contribution >= 0.6 is 11.6 Å². The predicted molar refractivity (Wildman–Crippen MR) is 130 cm³/mol. The fourth-order valence-corrected chi connectivity index (χ4v) is 6.74. The van der Waals surface area contributed by atoms with Gasteiger partial charge in [-0.2, -0.15) is 5.26 Å². The molecule has 1 saturated carbocycles. The molecular weight excluding hydrogens is 468 g/mol. The molecule has 3 unspecified atom stereocenters. The quantitative estimate of drug-likeness (QED) is 0.562.